The average molecular weight is 312 g/mol. The largest absolute Gasteiger partial charge is 0.397 e. The van der Waals surface area contributed by atoms with E-state index in [4.69, 9.17) is 15.7 Å². The van der Waals surface area contributed by atoms with Crippen molar-refractivity contribution in [3.05, 3.63) is 22.2 Å². The summed E-state index contributed by atoms with van der Waals surface area (Å²) in [5.74, 6) is -1.05. The Morgan fingerprint density at radius 3 is 2.83 bits per heavy atom. The number of halogens is 1. The van der Waals surface area contributed by atoms with Crippen LogP contribution in [0.4, 0.5) is 11.4 Å². The number of nitrogens with zero attached hydrogens (tertiary/aromatic N) is 1. The Hall–Kier alpha value is -1.29. The molecule has 1 saturated carbocycles. The molecule has 4 N–H and O–H groups in total. The molecule has 5 nitrogen and oxygen atoms in total. The Kier molecular flexibility index (Phi) is 3.48. The van der Waals surface area contributed by atoms with Gasteiger partial charge in [-0.1, -0.05) is 15.9 Å². The van der Waals surface area contributed by atoms with E-state index in [1.807, 2.05) is 0 Å². The average Bonchev–Trinajstić information content (AvgIpc) is 2.29. The van der Waals surface area contributed by atoms with Crippen LogP contribution in [0.15, 0.2) is 16.6 Å². The lowest BCUT2D eigenvalue weighted by atomic mass is 9.85. The summed E-state index contributed by atoms with van der Waals surface area (Å²) in [6.45, 7) is 0. The van der Waals surface area contributed by atoms with Crippen LogP contribution >= 0.6 is 15.9 Å². The standard InChI is InChI=1S/C12H14BrN3O2/c1-18-12(17)4-9(5-12)16-11-7(6-14)2-8(13)3-10(11)15/h2-3,9,16-17H,4-5,15H2,1H3. The first kappa shape index (κ1) is 13.1. The number of rotatable bonds is 3. The quantitative estimate of drug-likeness (QED) is 0.585. The van der Waals surface area contributed by atoms with Gasteiger partial charge in [-0.15, -0.1) is 0 Å². The van der Waals surface area contributed by atoms with Crippen LogP contribution in [0.3, 0.4) is 0 Å². The van der Waals surface area contributed by atoms with Crippen molar-refractivity contribution in [2.24, 2.45) is 0 Å². The molecule has 96 valence electrons. The van der Waals surface area contributed by atoms with E-state index in [1.54, 1.807) is 12.1 Å². The molecule has 0 heterocycles. The smallest absolute Gasteiger partial charge is 0.168 e. The molecule has 1 aliphatic carbocycles. The van der Waals surface area contributed by atoms with E-state index in [0.717, 1.165) is 4.47 Å². The number of nitrogens with two attached hydrogens (primary N) is 1. The maximum absolute atomic E-state index is 9.74. The molecule has 0 spiro atoms. The van der Waals surface area contributed by atoms with Crippen LogP contribution in [0.25, 0.3) is 0 Å². The van der Waals surface area contributed by atoms with Gasteiger partial charge in [-0.05, 0) is 12.1 Å². The molecule has 0 bridgehead atoms. The fraction of sp³-hybridized carbons (Fsp3) is 0.417. The first-order valence-electron chi connectivity index (χ1n) is 5.50. The number of anilines is 2. The lowest BCUT2D eigenvalue weighted by Gasteiger charge is -2.43. The molecule has 1 aromatic rings. The molecule has 0 radical (unpaired) electrons. The second kappa shape index (κ2) is 4.76. The van der Waals surface area contributed by atoms with Crippen LogP contribution in [-0.4, -0.2) is 24.0 Å². The molecule has 1 aliphatic rings. The van der Waals surface area contributed by atoms with E-state index in [0.29, 0.717) is 29.8 Å². The van der Waals surface area contributed by atoms with E-state index in [2.05, 4.69) is 27.3 Å². The van der Waals surface area contributed by atoms with Crippen molar-refractivity contribution < 1.29 is 9.84 Å². The highest BCUT2D eigenvalue weighted by Crippen LogP contribution is 2.37. The zero-order chi connectivity index (χ0) is 13.3. The fourth-order valence-electron chi connectivity index (χ4n) is 2.06. The molecule has 0 saturated heterocycles. The van der Waals surface area contributed by atoms with Gasteiger partial charge >= 0.3 is 0 Å². The fourth-order valence-corrected chi connectivity index (χ4v) is 2.54. The minimum absolute atomic E-state index is 0.0607. The third-order valence-electron chi connectivity index (χ3n) is 3.11. The molecule has 0 aliphatic heterocycles. The number of ether oxygens (including phenoxy) is 1. The Balaban J connectivity index is 2.14. The number of aliphatic hydroxyl groups is 1. The monoisotopic (exact) mass is 311 g/mol. The summed E-state index contributed by atoms with van der Waals surface area (Å²) >= 11 is 3.30. The molecular formula is C12H14BrN3O2. The summed E-state index contributed by atoms with van der Waals surface area (Å²) in [6.07, 6.45) is 0.952. The van der Waals surface area contributed by atoms with Gasteiger partial charge in [0.15, 0.2) is 5.79 Å². The highest BCUT2D eigenvalue weighted by Gasteiger charge is 2.43. The highest BCUT2D eigenvalue weighted by atomic mass is 79.9. The number of hydrogen-bond acceptors (Lipinski definition) is 5. The lowest BCUT2D eigenvalue weighted by Crippen LogP contribution is -2.51. The summed E-state index contributed by atoms with van der Waals surface area (Å²) in [5, 5.41) is 22.0. The van der Waals surface area contributed by atoms with E-state index >= 15 is 0 Å². The van der Waals surface area contributed by atoms with Crippen LogP contribution in [-0.2, 0) is 4.74 Å². The Labute approximate surface area is 114 Å². The van der Waals surface area contributed by atoms with Crippen LogP contribution in [0.1, 0.15) is 18.4 Å². The molecule has 18 heavy (non-hydrogen) atoms. The second-order valence-electron chi connectivity index (χ2n) is 4.43. The molecule has 6 heteroatoms. The van der Waals surface area contributed by atoms with E-state index in [1.165, 1.54) is 7.11 Å². The SMILES string of the molecule is COC1(O)CC(Nc2c(N)cc(Br)cc2C#N)C1. The molecule has 0 aromatic heterocycles. The van der Waals surface area contributed by atoms with E-state index < -0.39 is 5.79 Å². The second-order valence-corrected chi connectivity index (χ2v) is 5.34. The van der Waals surface area contributed by atoms with Gasteiger partial charge in [0.05, 0.1) is 16.9 Å². The highest BCUT2D eigenvalue weighted by molar-refractivity contribution is 9.10. The summed E-state index contributed by atoms with van der Waals surface area (Å²) < 4.78 is 5.73. The number of hydrogen-bond donors (Lipinski definition) is 3. The third kappa shape index (κ3) is 2.43. The Morgan fingerprint density at radius 1 is 1.61 bits per heavy atom. The van der Waals surface area contributed by atoms with Crippen LogP contribution in [0, 0.1) is 11.3 Å². The van der Waals surface area contributed by atoms with Crippen LogP contribution < -0.4 is 11.1 Å². The van der Waals surface area contributed by atoms with Crippen molar-refractivity contribution in [1.29, 1.82) is 5.26 Å². The number of nitrogen functional groups attached to an aromatic ring is 1. The first-order valence-corrected chi connectivity index (χ1v) is 6.30. The Bertz CT molecular complexity index is 507. The maximum Gasteiger partial charge on any atom is 0.168 e. The van der Waals surface area contributed by atoms with Gasteiger partial charge in [0.2, 0.25) is 0 Å². The van der Waals surface area contributed by atoms with Crippen molar-refractivity contribution >= 4 is 27.3 Å². The van der Waals surface area contributed by atoms with E-state index in [-0.39, 0.29) is 6.04 Å². The van der Waals surface area contributed by atoms with Gasteiger partial charge in [-0.3, -0.25) is 0 Å². The minimum atomic E-state index is -1.05. The molecule has 1 fully saturated rings. The molecule has 0 unspecified atom stereocenters. The first-order chi connectivity index (χ1) is 8.47. The van der Waals surface area contributed by atoms with E-state index in [9.17, 15) is 5.11 Å². The summed E-state index contributed by atoms with van der Waals surface area (Å²) in [6, 6.07) is 5.61. The van der Waals surface area contributed by atoms with Crippen molar-refractivity contribution in [2.75, 3.05) is 18.2 Å². The third-order valence-corrected chi connectivity index (χ3v) is 3.57. The lowest BCUT2D eigenvalue weighted by molar-refractivity contribution is -0.235. The predicted octanol–water partition coefficient (Wildman–Crippen LogP) is 1.81. The van der Waals surface area contributed by atoms with Gasteiger partial charge in [0, 0.05) is 30.5 Å². The molecule has 0 atom stereocenters. The van der Waals surface area contributed by atoms with Gasteiger partial charge in [-0.2, -0.15) is 5.26 Å². The zero-order valence-corrected chi connectivity index (χ0v) is 11.5. The molecule has 1 aromatic carbocycles. The van der Waals surface area contributed by atoms with Gasteiger partial charge in [-0.25, -0.2) is 0 Å². The summed E-state index contributed by atoms with van der Waals surface area (Å²) in [4.78, 5) is 0. The number of benzene rings is 1. The predicted molar refractivity (Wildman–Crippen MR) is 71.9 cm³/mol. The van der Waals surface area contributed by atoms with Crippen molar-refractivity contribution in [2.45, 2.75) is 24.7 Å². The van der Waals surface area contributed by atoms with Crippen LogP contribution in [0.2, 0.25) is 0 Å². The van der Waals surface area contributed by atoms with Gasteiger partial charge < -0.3 is 20.9 Å². The molecular weight excluding hydrogens is 298 g/mol. The number of nitriles is 1. The normalized spacial score (nSPS) is 26.2. The summed E-state index contributed by atoms with van der Waals surface area (Å²) in [7, 11) is 1.48. The Morgan fingerprint density at radius 2 is 2.28 bits per heavy atom. The van der Waals surface area contributed by atoms with Crippen molar-refractivity contribution in [1.82, 2.24) is 0 Å². The topological polar surface area (TPSA) is 91.3 Å². The summed E-state index contributed by atoms with van der Waals surface area (Å²) in [5.41, 5.74) is 7.49. The van der Waals surface area contributed by atoms with Crippen molar-refractivity contribution in [3.63, 3.8) is 0 Å². The van der Waals surface area contributed by atoms with Crippen molar-refractivity contribution in [3.8, 4) is 6.07 Å². The minimum Gasteiger partial charge on any atom is -0.397 e. The van der Waals surface area contributed by atoms with Crippen LogP contribution in [0.5, 0.6) is 0 Å². The molecule has 0 amide bonds. The molecule has 2 rings (SSSR count). The maximum atomic E-state index is 9.74. The zero-order valence-electron chi connectivity index (χ0n) is 9.90. The van der Waals surface area contributed by atoms with Gasteiger partial charge in [0.25, 0.3) is 0 Å². The van der Waals surface area contributed by atoms with Gasteiger partial charge in [0.1, 0.15) is 6.07 Å². The number of methoxy groups -OCH3 is 1. The number of nitrogens with one attached hydrogen (secondary N) is 1.